The molecule has 0 atom stereocenters. The van der Waals surface area contributed by atoms with Crippen LogP contribution in [0.1, 0.15) is 36.5 Å². The maximum absolute atomic E-state index is 5.42. The van der Waals surface area contributed by atoms with Crippen molar-refractivity contribution in [2.45, 2.75) is 45.3 Å². The molecule has 0 spiro atoms. The first-order valence-electron chi connectivity index (χ1n) is 9.07. The molecule has 0 unspecified atom stereocenters. The van der Waals surface area contributed by atoms with Crippen molar-refractivity contribution in [2.75, 3.05) is 13.8 Å². The van der Waals surface area contributed by atoms with Gasteiger partial charge < -0.3 is 24.7 Å². The topological polar surface area (TPSA) is 85.6 Å². The van der Waals surface area contributed by atoms with Crippen LogP contribution in [0.5, 0.6) is 11.5 Å². The Morgan fingerprint density at radius 1 is 1.11 bits per heavy atom. The molecule has 2 N–H and O–H groups in total. The van der Waals surface area contributed by atoms with Crippen molar-refractivity contribution >= 4 is 29.9 Å². The molecule has 0 amide bonds. The Bertz CT molecular complexity index is 807. The lowest BCUT2D eigenvalue weighted by atomic mass is 10.2. The maximum atomic E-state index is 5.42. The molecule has 0 radical (unpaired) electrons. The van der Waals surface area contributed by atoms with Crippen molar-refractivity contribution in [3.8, 4) is 11.5 Å². The SMILES string of the molecule is CN=C(NCc1ccc2c(c1)OCO2)NCc1nnc2n1CCCCC2.I. The minimum Gasteiger partial charge on any atom is -0.454 e. The summed E-state index contributed by atoms with van der Waals surface area (Å²) in [6, 6.07) is 5.94. The van der Waals surface area contributed by atoms with Crippen LogP contribution in [-0.2, 0) is 26.1 Å². The Balaban J connectivity index is 0.00000210. The highest BCUT2D eigenvalue weighted by Crippen LogP contribution is 2.32. The molecule has 9 heteroatoms. The lowest BCUT2D eigenvalue weighted by Crippen LogP contribution is -2.37. The summed E-state index contributed by atoms with van der Waals surface area (Å²) < 4.78 is 13.0. The number of ether oxygens (including phenoxy) is 2. The van der Waals surface area contributed by atoms with Crippen LogP contribution in [0.15, 0.2) is 23.2 Å². The molecule has 8 nitrogen and oxygen atoms in total. The predicted octanol–water partition coefficient (Wildman–Crippen LogP) is 2.22. The van der Waals surface area contributed by atoms with Crippen molar-refractivity contribution in [1.82, 2.24) is 25.4 Å². The molecule has 2 aromatic rings. The van der Waals surface area contributed by atoms with Gasteiger partial charge in [0, 0.05) is 26.6 Å². The lowest BCUT2D eigenvalue weighted by Gasteiger charge is -2.13. The highest BCUT2D eigenvalue weighted by molar-refractivity contribution is 14.0. The molecule has 2 aliphatic heterocycles. The van der Waals surface area contributed by atoms with Crippen LogP contribution in [-0.4, -0.2) is 34.6 Å². The molecule has 2 aliphatic rings. The first kappa shape index (κ1) is 19.7. The van der Waals surface area contributed by atoms with Gasteiger partial charge in [0.2, 0.25) is 6.79 Å². The van der Waals surface area contributed by atoms with Crippen LogP contribution in [0.2, 0.25) is 0 Å². The fraction of sp³-hybridized carbons (Fsp3) is 0.500. The number of rotatable bonds is 4. The van der Waals surface area contributed by atoms with Gasteiger partial charge in [-0.25, -0.2) is 0 Å². The Labute approximate surface area is 175 Å². The molecule has 0 saturated carbocycles. The Kier molecular flexibility index (Phi) is 6.75. The summed E-state index contributed by atoms with van der Waals surface area (Å²) >= 11 is 0. The average molecular weight is 484 g/mol. The molecule has 3 heterocycles. The van der Waals surface area contributed by atoms with Crippen molar-refractivity contribution in [3.05, 3.63) is 35.4 Å². The van der Waals surface area contributed by atoms with Crippen molar-refractivity contribution in [2.24, 2.45) is 4.99 Å². The van der Waals surface area contributed by atoms with Gasteiger partial charge in [-0.05, 0) is 30.5 Å². The lowest BCUT2D eigenvalue weighted by molar-refractivity contribution is 0.174. The van der Waals surface area contributed by atoms with Gasteiger partial charge in [-0.2, -0.15) is 0 Å². The second kappa shape index (κ2) is 9.25. The summed E-state index contributed by atoms with van der Waals surface area (Å²) in [5.41, 5.74) is 1.11. The second-order valence-electron chi connectivity index (χ2n) is 6.46. The van der Waals surface area contributed by atoms with Gasteiger partial charge in [-0.1, -0.05) is 12.5 Å². The summed E-state index contributed by atoms with van der Waals surface area (Å²) in [7, 11) is 1.76. The monoisotopic (exact) mass is 484 g/mol. The Morgan fingerprint density at radius 2 is 1.96 bits per heavy atom. The number of nitrogens with zero attached hydrogens (tertiary/aromatic N) is 4. The fourth-order valence-corrected chi connectivity index (χ4v) is 3.30. The highest BCUT2D eigenvalue weighted by atomic mass is 127. The summed E-state index contributed by atoms with van der Waals surface area (Å²) in [5, 5.41) is 15.3. The number of benzene rings is 1. The van der Waals surface area contributed by atoms with E-state index < -0.39 is 0 Å². The van der Waals surface area contributed by atoms with E-state index in [1.807, 2.05) is 18.2 Å². The summed E-state index contributed by atoms with van der Waals surface area (Å²) in [4.78, 5) is 4.29. The van der Waals surface area contributed by atoms with E-state index in [9.17, 15) is 0 Å². The molecule has 1 aromatic heterocycles. The number of aliphatic imine (C=N–C) groups is 1. The Hall–Kier alpha value is -2.04. The minimum atomic E-state index is 0. The first-order chi connectivity index (χ1) is 12.8. The van der Waals surface area contributed by atoms with Crippen molar-refractivity contribution in [3.63, 3.8) is 0 Å². The van der Waals surface area contributed by atoms with Crippen LogP contribution in [0.4, 0.5) is 0 Å². The van der Waals surface area contributed by atoms with Crippen LogP contribution in [0, 0.1) is 0 Å². The predicted molar refractivity (Wildman–Crippen MR) is 113 cm³/mol. The zero-order chi connectivity index (χ0) is 17.8. The molecular formula is C18H25IN6O2. The van der Waals surface area contributed by atoms with Crippen LogP contribution in [0.25, 0.3) is 0 Å². The fourth-order valence-electron chi connectivity index (χ4n) is 3.30. The third-order valence-electron chi connectivity index (χ3n) is 4.72. The van der Waals surface area contributed by atoms with Gasteiger partial charge in [0.05, 0.1) is 6.54 Å². The number of nitrogens with one attached hydrogen (secondary N) is 2. The van der Waals surface area contributed by atoms with Gasteiger partial charge in [0.25, 0.3) is 0 Å². The zero-order valence-electron chi connectivity index (χ0n) is 15.4. The molecule has 0 aliphatic carbocycles. The van der Waals surface area contributed by atoms with E-state index in [0.717, 1.165) is 47.6 Å². The van der Waals surface area contributed by atoms with E-state index in [0.29, 0.717) is 13.1 Å². The maximum Gasteiger partial charge on any atom is 0.231 e. The Morgan fingerprint density at radius 3 is 2.85 bits per heavy atom. The average Bonchev–Trinajstić information content (AvgIpc) is 3.22. The number of aromatic nitrogens is 3. The van der Waals surface area contributed by atoms with Gasteiger partial charge in [0.15, 0.2) is 23.3 Å². The third kappa shape index (κ3) is 4.63. The molecule has 0 saturated heterocycles. The first-order valence-corrected chi connectivity index (χ1v) is 9.07. The molecular weight excluding hydrogens is 459 g/mol. The molecule has 0 bridgehead atoms. The van der Waals surface area contributed by atoms with E-state index in [4.69, 9.17) is 9.47 Å². The zero-order valence-corrected chi connectivity index (χ0v) is 17.7. The van der Waals surface area contributed by atoms with E-state index in [1.165, 1.54) is 19.3 Å². The van der Waals surface area contributed by atoms with E-state index in [-0.39, 0.29) is 30.8 Å². The molecule has 0 fully saturated rings. The molecule has 4 rings (SSSR count). The number of fused-ring (bicyclic) bond motifs is 2. The van der Waals surface area contributed by atoms with E-state index in [2.05, 4.69) is 30.4 Å². The van der Waals surface area contributed by atoms with E-state index in [1.54, 1.807) is 7.05 Å². The normalized spacial score (nSPS) is 15.5. The standard InChI is InChI=1S/C18H24N6O2.HI/c1-19-18(20-10-13-6-7-14-15(9-13)26-12-25-14)21-11-17-23-22-16-5-3-2-4-8-24(16)17;/h6-7,9H,2-5,8,10-12H2,1H3,(H2,19,20,21);1H. The summed E-state index contributed by atoms with van der Waals surface area (Å²) in [6.07, 6.45) is 4.67. The van der Waals surface area contributed by atoms with Crippen molar-refractivity contribution < 1.29 is 9.47 Å². The largest absolute Gasteiger partial charge is 0.454 e. The second-order valence-corrected chi connectivity index (χ2v) is 6.46. The van der Waals surface area contributed by atoms with Gasteiger partial charge in [-0.3, -0.25) is 4.99 Å². The van der Waals surface area contributed by atoms with Crippen LogP contribution in [0.3, 0.4) is 0 Å². The number of guanidine groups is 1. The van der Waals surface area contributed by atoms with E-state index >= 15 is 0 Å². The number of halogens is 1. The summed E-state index contributed by atoms with van der Waals surface area (Å²) in [6.45, 7) is 2.54. The van der Waals surface area contributed by atoms with Gasteiger partial charge in [-0.15, -0.1) is 34.2 Å². The molecule has 1 aromatic carbocycles. The van der Waals surface area contributed by atoms with Crippen molar-refractivity contribution in [1.29, 1.82) is 0 Å². The minimum absolute atomic E-state index is 0. The third-order valence-corrected chi connectivity index (χ3v) is 4.72. The van der Waals surface area contributed by atoms with Gasteiger partial charge in [0.1, 0.15) is 5.82 Å². The van der Waals surface area contributed by atoms with Crippen LogP contribution >= 0.6 is 24.0 Å². The molecule has 27 heavy (non-hydrogen) atoms. The number of aryl methyl sites for hydroxylation is 1. The van der Waals surface area contributed by atoms with Crippen LogP contribution < -0.4 is 20.1 Å². The molecule has 146 valence electrons. The summed E-state index contributed by atoms with van der Waals surface area (Å²) in [5.74, 6) is 4.38. The highest BCUT2D eigenvalue weighted by Gasteiger charge is 2.15. The number of hydrogen-bond acceptors (Lipinski definition) is 5. The van der Waals surface area contributed by atoms with Gasteiger partial charge >= 0.3 is 0 Å². The quantitative estimate of drug-likeness (QED) is 0.394. The smallest absolute Gasteiger partial charge is 0.231 e. The number of hydrogen-bond donors (Lipinski definition) is 2.